The van der Waals surface area contributed by atoms with Crippen molar-refractivity contribution >= 4 is 27.5 Å². The molecule has 0 aliphatic heterocycles. The molecule has 17 heavy (non-hydrogen) atoms. The molecule has 1 unspecified atom stereocenters. The van der Waals surface area contributed by atoms with Crippen LogP contribution in [0.4, 0.5) is 5.69 Å². The van der Waals surface area contributed by atoms with Gasteiger partial charge < -0.3 is 5.32 Å². The Morgan fingerprint density at radius 3 is 2.65 bits per heavy atom. The summed E-state index contributed by atoms with van der Waals surface area (Å²) in [6.07, 6.45) is 3.59. The van der Waals surface area contributed by atoms with Crippen LogP contribution in [0, 0.1) is 0 Å². The minimum absolute atomic E-state index is 0.0585. The molecule has 0 spiro atoms. The number of nitrogens with zero attached hydrogens (tertiary/aromatic N) is 2. The van der Waals surface area contributed by atoms with E-state index in [0.717, 1.165) is 11.4 Å². The van der Waals surface area contributed by atoms with Crippen LogP contribution in [0.2, 0.25) is 0 Å². The van der Waals surface area contributed by atoms with Crippen LogP contribution in [-0.2, 0) is 4.79 Å². The largest absolute Gasteiger partial charge is 0.325 e. The third-order valence-corrected chi connectivity index (χ3v) is 2.68. The van der Waals surface area contributed by atoms with Crippen molar-refractivity contribution in [1.82, 2.24) is 9.78 Å². The number of carbonyl (C=O) groups is 1. The van der Waals surface area contributed by atoms with Gasteiger partial charge in [0.05, 0.1) is 10.5 Å². The number of amides is 1. The molecule has 5 heteroatoms. The van der Waals surface area contributed by atoms with E-state index in [4.69, 9.17) is 0 Å². The fourth-order valence-electron chi connectivity index (χ4n) is 1.36. The van der Waals surface area contributed by atoms with Crippen LogP contribution in [0.3, 0.4) is 0 Å². The number of aromatic nitrogens is 2. The summed E-state index contributed by atoms with van der Waals surface area (Å²) >= 11 is 3.22. The zero-order chi connectivity index (χ0) is 12.3. The summed E-state index contributed by atoms with van der Waals surface area (Å²) in [5.74, 6) is -0.0585. The lowest BCUT2D eigenvalue weighted by molar-refractivity contribution is -0.115. The van der Waals surface area contributed by atoms with E-state index in [2.05, 4.69) is 26.3 Å². The average Bonchev–Trinajstić information content (AvgIpc) is 2.83. The molecular formula is C12H12BrN3O. The number of anilines is 1. The number of hydrogen-bond acceptors (Lipinski definition) is 2. The third kappa shape index (κ3) is 2.94. The van der Waals surface area contributed by atoms with Crippen molar-refractivity contribution in [2.45, 2.75) is 11.8 Å². The molecule has 88 valence electrons. The predicted molar refractivity (Wildman–Crippen MR) is 70.6 cm³/mol. The van der Waals surface area contributed by atoms with Crippen molar-refractivity contribution < 1.29 is 4.79 Å². The Hall–Kier alpha value is -1.62. The lowest BCUT2D eigenvalue weighted by Crippen LogP contribution is -2.19. The predicted octanol–water partition coefficient (Wildman–Crippen LogP) is 2.59. The maximum Gasteiger partial charge on any atom is 0.237 e. The number of nitrogens with one attached hydrogen (secondary N) is 1. The lowest BCUT2D eigenvalue weighted by atomic mass is 10.2. The first-order chi connectivity index (χ1) is 8.16. The maximum atomic E-state index is 11.5. The van der Waals surface area contributed by atoms with Gasteiger partial charge in [0.1, 0.15) is 0 Å². The minimum atomic E-state index is -0.201. The van der Waals surface area contributed by atoms with Gasteiger partial charge in [-0.25, -0.2) is 4.68 Å². The molecule has 0 radical (unpaired) electrons. The Morgan fingerprint density at radius 2 is 2.12 bits per heavy atom. The second kappa shape index (κ2) is 5.14. The molecule has 1 heterocycles. The van der Waals surface area contributed by atoms with Crippen LogP contribution in [-0.4, -0.2) is 20.5 Å². The average molecular weight is 294 g/mol. The van der Waals surface area contributed by atoms with Crippen molar-refractivity contribution in [2.75, 3.05) is 5.32 Å². The van der Waals surface area contributed by atoms with Gasteiger partial charge in [-0.1, -0.05) is 15.9 Å². The summed E-state index contributed by atoms with van der Waals surface area (Å²) in [7, 11) is 0. The Morgan fingerprint density at radius 1 is 1.41 bits per heavy atom. The summed E-state index contributed by atoms with van der Waals surface area (Å²) in [4.78, 5) is 11.2. The smallest absolute Gasteiger partial charge is 0.237 e. The molecule has 1 aromatic carbocycles. The summed E-state index contributed by atoms with van der Waals surface area (Å²) in [5, 5.41) is 6.93. The Balaban J connectivity index is 2.11. The molecule has 4 nitrogen and oxygen atoms in total. The van der Waals surface area contributed by atoms with Crippen LogP contribution in [0.1, 0.15) is 6.92 Å². The summed E-state index contributed by atoms with van der Waals surface area (Å²) in [6, 6.07) is 9.37. The lowest BCUT2D eigenvalue weighted by Gasteiger charge is -2.07. The first-order valence-corrected chi connectivity index (χ1v) is 6.13. The van der Waals surface area contributed by atoms with Crippen LogP contribution in [0.25, 0.3) is 5.69 Å². The molecule has 0 bridgehead atoms. The molecule has 0 saturated heterocycles. The fourth-order valence-corrected chi connectivity index (χ4v) is 1.48. The molecule has 0 fully saturated rings. The van der Waals surface area contributed by atoms with Crippen molar-refractivity contribution in [2.24, 2.45) is 0 Å². The minimum Gasteiger partial charge on any atom is -0.325 e. The molecule has 2 aromatic rings. The standard InChI is InChI=1S/C12H12BrN3O/c1-9(13)12(17)15-10-3-5-11(6-4-10)16-8-2-7-14-16/h2-9H,1H3,(H,15,17). The molecule has 1 aromatic heterocycles. The van der Waals surface area contributed by atoms with Crippen molar-refractivity contribution in [3.8, 4) is 5.69 Å². The van der Waals surface area contributed by atoms with Gasteiger partial charge in [0.2, 0.25) is 5.91 Å². The van der Waals surface area contributed by atoms with Crippen molar-refractivity contribution in [3.05, 3.63) is 42.7 Å². The second-order valence-corrected chi connectivity index (χ2v) is 4.98. The van der Waals surface area contributed by atoms with Gasteiger partial charge in [-0.15, -0.1) is 0 Å². The van der Waals surface area contributed by atoms with Gasteiger partial charge in [-0.3, -0.25) is 4.79 Å². The van der Waals surface area contributed by atoms with E-state index in [-0.39, 0.29) is 10.7 Å². The third-order valence-electron chi connectivity index (χ3n) is 2.27. The van der Waals surface area contributed by atoms with E-state index in [1.165, 1.54) is 0 Å². The molecule has 1 atom stereocenters. The highest BCUT2D eigenvalue weighted by Crippen LogP contribution is 2.13. The normalized spacial score (nSPS) is 12.1. The first-order valence-electron chi connectivity index (χ1n) is 5.22. The summed E-state index contributed by atoms with van der Waals surface area (Å²) in [6.45, 7) is 1.79. The van der Waals surface area contributed by atoms with Gasteiger partial charge in [0.25, 0.3) is 0 Å². The Kier molecular flexibility index (Phi) is 3.58. The highest BCUT2D eigenvalue weighted by atomic mass is 79.9. The van der Waals surface area contributed by atoms with Gasteiger partial charge in [0.15, 0.2) is 0 Å². The van der Waals surface area contributed by atoms with Gasteiger partial charge in [-0.2, -0.15) is 5.10 Å². The maximum absolute atomic E-state index is 11.5. The first kappa shape index (κ1) is 11.9. The summed E-state index contributed by atoms with van der Waals surface area (Å²) in [5.41, 5.74) is 1.73. The molecular weight excluding hydrogens is 282 g/mol. The van der Waals surface area contributed by atoms with E-state index in [0.29, 0.717) is 0 Å². The molecule has 1 N–H and O–H groups in total. The topological polar surface area (TPSA) is 46.9 Å². The molecule has 0 saturated carbocycles. The quantitative estimate of drug-likeness (QED) is 0.884. The fraction of sp³-hybridized carbons (Fsp3) is 0.167. The van der Waals surface area contributed by atoms with Crippen LogP contribution in [0.15, 0.2) is 42.7 Å². The Bertz CT molecular complexity index is 491. The summed E-state index contributed by atoms with van der Waals surface area (Å²) < 4.78 is 1.76. The van der Waals surface area contributed by atoms with Gasteiger partial charge in [0, 0.05) is 18.1 Å². The number of rotatable bonds is 3. The number of carbonyl (C=O) groups excluding carboxylic acids is 1. The Labute approximate surface area is 108 Å². The van der Waals surface area contributed by atoms with E-state index in [1.807, 2.05) is 36.5 Å². The van der Waals surface area contributed by atoms with Crippen LogP contribution >= 0.6 is 15.9 Å². The van der Waals surface area contributed by atoms with E-state index in [9.17, 15) is 4.79 Å². The highest BCUT2D eigenvalue weighted by Gasteiger charge is 2.08. The second-order valence-electron chi connectivity index (χ2n) is 3.60. The number of hydrogen-bond donors (Lipinski definition) is 1. The number of alkyl halides is 1. The van der Waals surface area contributed by atoms with Gasteiger partial charge >= 0.3 is 0 Å². The van der Waals surface area contributed by atoms with Gasteiger partial charge in [-0.05, 0) is 37.3 Å². The highest BCUT2D eigenvalue weighted by molar-refractivity contribution is 9.10. The van der Waals surface area contributed by atoms with Crippen molar-refractivity contribution in [3.63, 3.8) is 0 Å². The molecule has 2 rings (SSSR count). The van der Waals surface area contributed by atoms with Crippen LogP contribution < -0.4 is 5.32 Å². The SMILES string of the molecule is CC(Br)C(=O)Nc1ccc(-n2cccn2)cc1. The van der Waals surface area contributed by atoms with E-state index < -0.39 is 0 Å². The number of halogens is 1. The van der Waals surface area contributed by atoms with E-state index in [1.54, 1.807) is 17.8 Å². The molecule has 1 amide bonds. The van der Waals surface area contributed by atoms with Crippen LogP contribution in [0.5, 0.6) is 0 Å². The van der Waals surface area contributed by atoms with Crippen molar-refractivity contribution in [1.29, 1.82) is 0 Å². The van der Waals surface area contributed by atoms with E-state index >= 15 is 0 Å². The number of benzene rings is 1. The molecule has 0 aliphatic rings. The zero-order valence-electron chi connectivity index (χ0n) is 9.30. The monoisotopic (exact) mass is 293 g/mol. The zero-order valence-corrected chi connectivity index (χ0v) is 10.9. The molecule has 0 aliphatic carbocycles.